The second-order valence-electron chi connectivity index (χ2n) is 11.8. The Labute approximate surface area is 281 Å². The topological polar surface area (TPSA) is 87.0 Å². The summed E-state index contributed by atoms with van der Waals surface area (Å²) >= 11 is 6.14. The molecule has 2 atom stereocenters. The third-order valence-electron chi connectivity index (χ3n) is 7.72. The lowest BCUT2D eigenvalue weighted by atomic mass is 10.0. The Kier molecular flexibility index (Phi) is 21.7. The van der Waals surface area contributed by atoms with Gasteiger partial charge in [-0.1, -0.05) is 127 Å². The van der Waals surface area contributed by atoms with Gasteiger partial charge in [0.15, 0.2) is 0 Å². The van der Waals surface area contributed by atoms with Crippen molar-refractivity contribution in [1.82, 2.24) is 0 Å². The van der Waals surface area contributed by atoms with E-state index in [-0.39, 0.29) is 47.8 Å². The Morgan fingerprint density at radius 1 is 0.826 bits per heavy atom. The highest BCUT2D eigenvalue weighted by atomic mass is 35.5. The first-order valence-electron chi connectivity index (χ1n) is 17.0. The number of nitrogens with zero attached hydrogens (tertiary/aromatic N) is 1. The van der Waals surface area contributed by atoms with Gasteiger partial charge in [0.05, 0.1) is 36.5 Å². The van der Waals surface area contributed by atoms with Crippen LogP contribution in [-0.2, 0) is 18.3 Å². The van der Waals surface area contributed by atoms with Gasteiger partial charge in [-0.3, -0.25) is 9.05 Å². The summed E-state index contributed by atoms with van der Waals surface area (Å²) < 4.78 is 55.0. The SMILES string of the molecule is CCCCCCCCCCCCCCCCCCOC[C@H](COc1cc(F)cc(C#N)c1)COP(=O)(OC)Oc1ccccc1Cl. The monoisotopic (exact) mass is 681 g/mol. The first-order valence-corrected chi connectivity index (χ1v) is 18.9. The van der Waals surface area contributed by atoms with Crippen molar-refractivity contribution in [3.05, 3.63) is 58.9 Å². The van der Waals surface area contributed by atoms with Gasteiger partial charge in [-0.2, -0.15) is 5.26 Å². The van der Waals surface area contributed by atoms with Crippen LogP contribution >= 0.6 is 19.4 Å². The number of nitriles is 1. The molecule has 2 aromatic rings. The smallest absolute Gasteiger partial charge is 0.493 e. The predicted molar refractivity (Wildman–Crippen MR) is 183 cm³/mol. The van der Waals surface area contributed by atoms with Gasteiger partial charge in [0.25, 0.3) is 0 Å². The van der Waals surface area contributed by atoms with Crippen LogP contribution in [-0.4, -0.2) is 33.5 Å². The largest absolute Gasteiger partial charge is 0.529 e. The minimum absolute atomic E-state index is 0.0725. The molecule has 0 fully saturated rings. The van der Waals surface area contributed by atoms with Crippen molar-refractivity contribution in [2.24, 2.45) is 5.92 Å². The van der Waals surface area contributed by atoms with Crippen LogP contribution < -0.4 is 9.26 Å². The summed E-state index contributed by atoms with van der Waals surface area (Å²) in [6.45, 7) is 3.10. The third-order valence-corrected chi connectivity index (χ3v) is 9.37. The van der Waals surface area contributed by atoms with Gasteiger partial charge in [0.2, 0.25) is 0 Å². The molecular formula is C36H54ClFNO6P. The minimum atomic E-state index is -4.00. The third kappa shape index (κ3) is 18.3. The average Bonchev–Trinajstić information content (AvgIpc) is 3.05. The number of phosphoric acid groups is 1. The first-order chi connectivity index (χ1) is 22.4. The van der Waals surface area contributed by atoms with Crippen LogP contribution in [0.2, 0.25) is 5.02 Å². The lowest BCUT2D eigenvalue weighted by Crippen LogP contribution is -2.24. The van der Waals surface area contributed by atoms with E-state index in [4.69, 9.17) is 39.9 Å². The Morgan fingerprint density at radius 2 is 1.41 bits per heavy atom. The van der Waals surface area contributed by atoms with E-state index in [1.54, 1.807) is 24.3 Å². The molecule has 0 aliphatic heterocycles. The molecule has 258 valence electrons. The maximum Gasteiger partial charge on any atom is 0.529 e. The highest BCUT2D eigenvalue weighted by Crippen LogP contribution is 2.50. The quantitative estimate of drug-likeness (QED) is 0.0652. The Bertz CT molecular complexity index is 1180. The maximum atomic E-state index is 13.9. The molecule has 46 heavy (non-hydrogen) atoms. The van der Waals surface area contributed by atoms with Gasteiger partial charge in [-0.05, 0) is 30.7 Å². The van der Waals surface area contributed by atoms with E-state index in [1.165, 1.54) is 109 Å². The second kappa shape index (κ2) is 25.0. The zero-order valence-electron chi connectivity index (χ0n) is 27.9. The average molecular weight is 682 g/mol. The Balaban J connectivity index is 1.68. The van der Waals surface area contributed by atoms with E-state index in [9.17, 15) is 8.96 Å². The Morgan fingerprint density at radius 3 is 1.98 bits per heavy atom. The van der Waals surface area contributed by atoms with Gasteiger partial charge in [0, 0.05) is 25.7 Å². The molecular weight excluding hydrogens is 628 g/mol. The van der Waals surface area contributed by atoms with Gasteiger partial charge < -0.3 is 14.0 Å². The molecule has 2 aromatic carbocycles. The van der Waals surface area contributed by atoms with E-state index in [0.29, 0.717) is 6.61 Å². The van der Waals surface area contributed by atoms with E-state index in [2.05, 4.69) is 6.92 Å². The molecule has 0 saturated heterocycles. The minimum Gasteiger partial charge on any atom is -0.493 e. The summed E-state index contributed by atoms with van der Waals surface area (Å²) in [5, 5.41) is 9.41. The van der Waals surface area contributed by atoms with Gasteiger partial charge in [0.1, 0.15) is 17.3 Å². The van der Waals surface area contributed by atoms with Crippen molar-refractivity contribution in [3.8, 4) is 17.6 Å². The van der Waals surface area contributed by atoms with Crippen LogP contribution in [0.3, 0.4) is 0 Å². The van der Waals surface area contributed by atoms with Crippen molar-refractivity contribution < 1.29 is 32.0 Å². The van der Waals surface area contributed by atoms with Gasteiger partial charge in [-0.25, -0.2) is 8.96 Å². The van der Waals surface area contributed by atoms with Crippen molar-refractivity contribution in [1.29, 1.82) is 5.26 Å². The molecule has 0 bridgehead atoms. The number of halogens is 2. The number of unbranched alkanes of at least 4 members (excludes halogenated alkanes) is 15. The van der Waals surface area contributed by atoms with Crippen LogP contribution in [0.15, 0.2) is 42.5 Å². The number of phosphoric ester groups is 1. The summed E-state index contributed by atoms with van der Waals surface area (Å²) in [5.74, 6) is -0.570. The molecule has 1 unspecified atom stereocenters. The second-order valence-corrected chi connectivity index (χ2v) is 13.9. The van der Waals surface area contributed by atoms with E-state index >= 15 is 0 Å². The molecule has 0 amide bonds. The molecule has 0 spiro atoms. The summed E-state index contributed by atoms with van der Waals surface area (Å²) in [5.41, 5.74) is 0.152. The van der Waals surface area contributed by atoms with Crippen LogP contribution in [0.25, 0.3) is 0 Å². The van der Waals surface area contributed by atoms with E-state index < -0.39 is 13.6 Å². The molecule has 0 heterocycles. The number of ether oxygens (including phenoxy) is 2. The van der Waals surface area contributed by atoms with Crippen molar-refractivity contribution in [2.75, 3.05) is 33.5 Å². The number of para-hydroxylation sites is 1. The van der Waals surface area contributed by atoms with E-state index in [1.807, 2.05) is 6.07 Å². The summed E-state index contributed by atoms with van der Waals surface area (Å²) in [7, 11) is -2.77. The molecule has 0 aromatic heterocycles. The zero-order valence-corrected chi connectivity index (χ0v) is 29.5. The van der Waals surface area contributed by atoms with E-state index in [0.717, 1.165) is 18.9 Å². The van der Waals surface area contributed by atoms with Crippen molar-refractivity contribution in [2.45, 2.75) is 110 Å². The van der Waals surface area contributed by atoms with Crippen LogP contribution in [0.1, 0.15) is 115 Å². The fourth-order valence-electron chi connectivity index (χ4n) is 5.02. The fourth-order valence-corrected chi connectivity index (χ4v) is 6.28. The molecule has 0 aliphatic carbocycles. The highest BCUT2D eigenvalue weighted by Gasteiger charge is 2.29. The van der Waals surface area contributed by atoms with Crippen LogP contribution in [0.4, 0.5) is 4.39 Å². The predicted octanol–water partition coefficient (Wildman–Crippen LogP) is 11.5. The number of benzene rings is 2. The van der Waals surface area contributed by atoms with Gasteiger partial charge >= 0.3 is 7.82 Å². The van der Waals surface area contributed by atoms with Gasteiger partial charge in [-0.15, -0.1) is 0 Å². The summed E-state index contributed by atoms with van der Waals surface area (Å²) in [6.07, 6.45) is 20.9. The molecule has 2 rings (SSSR count). The Hall–Kier alpha value is -2.14. The zero-order chi connectivity index (χ0) is 33.3. The molecule has 0 N–H and O–H groups in total. The molecule has 7 nitrogen and oxygen atoms in total. The molecule has 0 radical (unpaired) electrons. The van der Waals surface area contributed by atoms with Crippen molar-refractivity contribution >= 4 is 19.4 Å². The van der Waals surface area contributed by atoms with Crippen molar-refractivity contribution in [3.63, 3.8) is 0 Å². The number of hydrogen-bond donors (Lipinski definition) is 0. The lowest BCUT2D eigenvalue weighted by Gasteiger charge is -2.22. The number of rotatable bonds is 28. The summed E-state index contributed by atoms with van der Waals surface area (Å²) in [6, 6.07) is 12.3. The van der Waals surface area contributed by atoms with Crippen LogP contribution in [0, 0.1) is 23.1 Å². The summed E-state index contributed by atoms with van der Waals surface area (Å²) in [4.78, 5) is 0. The molecule has 0 saturated carbocycles. The fraction of sp³-hybridized carbons (Fsp3) is 0.639. The molecule has 0 aliphatic rings. The highest BCUT2D eigenvalue weighted by molar-refractivity contribution is 7.48. The molecule has 10 heteroatoms. The standard InChI is InChI=1S/C36H54ClFNO6P/c1-3-4-5-6-7-8-9-10-11-12-13-14-15-16-17-20-23-42-28-32(29-43-34-25-31(27-39)24-33(38)26-34)30-44-46(40,41-2)45-36-22-19-18-21-35(36)37/h18-19,21-22,24-26,32H,3-17,20,23,28-30H2,1-2H3/t32-,46?/m1/s1. The first kappa shape index (κ1) is 40.0. The maximum absolute atomic E-state index is 13.9. The lowest BCUT2D eigenvalue weighted by molar-refractivity contribution is 0.0457. The normalized spacial score (nSPS) is 13.2. The van der Waals surface area contributed by atoms with Crippen LogP contribution in [0.5, 0.6) is 11.5 Å². The number of hydrogen-bond acceptors (Lipinski definition) is 7.